The maximum Gasteiger partial charge on any atom is 0.329 e. The summed E-state index contributed by atoms with van der Waals surface area (Å²) in [6.45, 7) is 5.79. The number of nitrogens with zero attached hydrogens (tertiary/aromatic N) is 2. The number of H-pyrrole nitrogens is 1. The van der Waals surface area contributed by atoms with Crippen LogP contribution < -0.4 is 11.2 Å². The van der Waals surface area contributed by atoms with Gasteiger partial charge in [-0.3, -0.25) is 14.3 Å². The quantitative estimate of drug-likeness (QED) is 0.869. The number of piperidine rings is 1. The van der Waals surface area contributed by atoms with E-state index in [0.29, 0.717) is 10.2 Å². The molecule has 1 aliphatic heterocycles. The Morgan fingerprint density at radius 3 is 2.50 bits per heavy atom. The molecule has 0 spiro atoms. The number of thiophene rings is 1. The van der Waals surface area contributed by atoms with Gasteiger partial charge in [-0.15, -0.1) is 11.3 Å². The van der Waals surface area contributed by atoms with Crippen LogP contribution in [-0.2, 0) is 0 Å². The summed E-state index contributed by atoms with van der Waals surface area (Å²) in [5.41, 5.74) is 0.603. The van der Waals surface area contributed by atoms with Gasteiger partial charge in [0.2, 0.25) is 0 Å². The summed E-state index contributed by atoms with van der Waals surface area (Å²) in [4.78, 5) is 31.9. The van der Waals surface area contributed by atoms with Gasteiger partial charge in [0.25, 0.3) is 5.56 Å². The molecule has 0 bridgehead atoms. The van der Waals surface area contributed by atoms with Crippen LogP contribution in [0.5, 0.6) is 0 Å². The third kappa shape index (κ3) is 2.03. The summed E-state index contributed by atoms with van der Waals surface area (Å²) in [5.74, 6) is 0. The first-order valence-corrected chi connectivity index (χ1v) is 7.73. The van der Waals surface area contributed by atoms with Crippen molar-refractivity contribution in [2.75, 3.05) is 20.1 Å². The molecule has 0 aliphatic carbocycles. The summed E-state index contributed by atoms with van der Waals surface area (Å²) in [7, 11) is 2.07. The average Bonchev–Trinajstić information content (AvgIpc) is 2.67. The van der Waals surface area contributed by atoms with Crippen molar-refractivity contribution in [2.45, 2.75) is 32.7 Å². The van der Waals surface area contributed by atoms with Crippen molar-refractivity contribution in [3.8, 4) is 0 Å². The molecule has 108 valence electrons. The maximum absolute atomic E-state index is 12.7. The fourth-order valence-electron chi connectivity index (χ4n) is 2.93. The van der Waals surface area contributed by atoms with E-state index >= 15 is 0 Å². The normalized spacial score (nSPS) is 17.9. The highest BCUT2D eigenvalue weighted by Crippen LogP contribution is 2.26. The highest BCUT2D eigenvalue weighted by Gasteiger charge is 2.23. The Balaban J connectivity index is 2.18. The number of aromatic nitrogens is 2. The number of rotatable bonds is 1. The van der Waals surface area contributed by atoms with Crippen LogP contribution in [0.25, 0.3) is 10.2 Å². The van der Waals surface area contributed by atoms with Crippen LogP contribution in [0.4, 0.5) is 0 Å². The van der Waals surface area contributed by atoms with E-state index in [4.69, 9.17) is 0 Å². The van der Waals surface area contributed by atoms with Crippen molar-refractivity contribution in [3.63, 3.8) is 0 Å². The topological polar surface area (TPSA) is 58.1 Å². The van der Waals surface area contributed by atoms with E-state index in [1.165, 1.54) is 15.9 Å². The number of aryl methyl sites for hydroxylation is 2. The standard InChI is InChI=1S/C14H19N3O2S/c1-8-9(2)20-12-11(8)13(18)17(14(19)15-12)10-4-6-16(3)7-5-10/h10H,4-7H2,1-3H3,(H,15,19). The van der Waals surface area contributed by atoms with Crippen LogP contribution in [0.15, 0.2) is 9.59 Å². The summed E-state index contributed by atoms with van der Waals surface area (Å²) >= 11 is 1.49. The second kappa shape index (κ2) is 4.86. The molecule has 3 rings (SSSR count). The van der Waals surface area contributed by atoms with Crippen LogP contribution in [0.1, 0.15) is 29.3 Å². The minimum absolute atomic E-state index is 0.0199. The highest BCUT2D eigenvalue weighted by atomic mass is 32.1. The van der Waals surface area contributed by atoms with Crippen molar-refractivity contribution in [3.05, 3.63) is 31.3 Å². The smallest absolute Gasteiger partial charge is 0.306 e. The van der Waals surface area contributed by atoms with Crippen molar-refractivity contribution in [1.29, 1.82) is 0 Å². The lowest BCUT2D eigenvalue weighted by atomic mass is 10.1. The van der Waals surface area contributed by atoms with Gasteiger partial charge in [-0.05, 0) is 52.4 Å². The van der Waals surface area contributed by atoms with Crippen molar-refractivity contribution >= 4 is 21.6 Å². The zero-order valence-corrected chi connectivity index (χ0v) is 12.8. The maximum atomic E-state index is 12.7. The predicted molar refractivity (Wildman–Crippen MR) is 81.9 cm³/mol. The van der Waals surface area contributed by atoms with Gasteiger partial charge in [0, 0.05) is 10.9 Å². The summed E-state index contributed by atoms with van der Waals surface area (Å²) in [5, 5.41) is 0.686. The van der Waals surface area contributed by atoms with E-state index in [0.717, 1.165) is 36.4 Å². The Kier molecular flexibility index (Phi) is 3.30. The lowest BCUT2D eigenvalue weighted by Crippen LogP contribution is -2.42. The Labute approximate surface area is 120 Å². The highest BCUT2D eigenvalue weighted by molar-refractivity contribution is 7.18. The van der Waals surface area contributed by atoms with Gasteiger partial charge in [-0.25, -0.2) is 4.79 Å². The van der Waals surface area contributed by atoms with E-state index in [1.807, 2.05) is 13.8 Å². The fourth-order valence-corrected chi connectivity index (χ4v) is 3.97. The number of hydrogen-bond donors (Lipinski definition) is 1. The molecule has 0 saturated carbocycles. The van der Waals surface area contributed by atoms with Gasteiger partial charge in [-0.1, -0.05) is 0 Å². The Hall–Kier alpha value is -1.40. The summed E-state index contributed by atoms with van der Waals surface area (Å²) in [6.07, 6.45) is 1.71. The fraction of sp³-hybridized carbons (Fsp3) is 0.571. The van der Waals surface area contributed by atoms with Crippen molar-refractivity contribution in [2.24, 2.45) is 0 Å². The predicted octanol–water partition coefficient (Wildman–Crippen LogP) is 1.63. The average molecular weight is 293 g/mol. The molecule has 3 heterocycles. The molecule has 1 saturated heterocycles. The third-order valence-corrected chi connectivity index (χ3v) is 5.43. The van der Waals surface area contributed by atoms with Gasteiger partial charge >= 0.3 is 5.69 Å². The van der Waals surface area contributed by atoms with E-state index in [-0.39, 0.29) is 17.3 Å². The zero-order chi connectivity index (χ0) is 14.4. The minimum atomic E-state index is -0.265. The number of fused-ring (bicyclic) bond motifs is 1. The molecule has 0 radical (unpaired) electrons. The number of aromatic amines is 1. The van der Waals surface area contributed by atoms with Crippen LogP contribution in [0, 0.1) is 13.8 Å². The molecule has 20 heavy (non-hydrogen) atoms. The molecule has 0 unspecified atom stereocenters. The SMILES string of the molecule is Cc1sc2[nH]c(=O)n(C3CCN(C)CC3)c(=O)c2c1C. The molecule has 2 aromatic heterocycles. The zero-order valence-electron chi connectivity index (χ0n) is 12.0. The van der Waals surface area contributed by atoms with E-state index in [2.05, 4.69) is 16.9 Å². The van der Waals surface area contributed by atoms with Crippen LogP contribution in [0.3, 0.4) is 0 Å². The van der Waals surface area contributed by atoms with Crippen molar-refractivity contribution < 1.29 is 0 Å². The van der Waals surface area contributed by atoms with Gasteiger partial charge in [0.1, 0.15) is 4.83 Å². The first kappa shape index (κ1) is 13.6. The first-order valence-electron chi connectivity index (χ1n) is 6.92. The van der Waals surface area contributed by atoms with Crippen LogP contribution in [0.2, 0.25) is 0 Å². The molecule has 6 heteroatoms. The van der Waals surface area contributed by atoms with E-state index < -0.39 is 0 Å². The second-order valence-electron chi connectivity index (χ2n) is 5.63. The van der Waals surface area contributed by atoms with Gasteiger partial charge < -0.3 is 4.90 Å². The molecule has 0 amide bonds. The Morgan fingerprint density at radius 1 is 1.20 bits per heavy atom. The monoisotopic (exact) mass is 293 g/mol. The van der Waals surface area contributed by atoms with Gasteiger partial charge in [0.05, 0.1) is 5.39 Å². The van der Waals surface area contributed by atoms with E-state index in [1.54, 1.807) is 0 Å². The molecular weight excluding hydrogens is 274 g/mol. The summed E-state index contributed by atoms with van der Waals surface area (Å²) in [6, 6.07) is 0.0199. The minimum Gasteiger partial charge on any atom is -0.306 e. The molecule has 0 atom stereocenters. The van der Waals surface area contributed by atoms with E-state index in [9.17, 15) is 9.59 Å². The van der Waals surface area contributed by atoms with Gasteiger partial charge in [-0.2, -0.15) is 0 Å². The largest absolute Gasteiger partial charge is 0.329 e. The molecule has 0 aromatic carbocycles. The number of nitrogens with one attached hydrogen (secondary N) is 1. The Morgan fingerprint density at radius 2 is 1.85 bits per heavy atom. The lowest BCUT2D eigenvalue weighted by Gasteiger charge is -2.29. The lowest BCUT2D eigenvalue weighted by molar-refractivity contribution is 0.216. The first-order chi connectivity index (χ1) is 9.49. The molecule has 1 aliphatic rings. The molecule has 1 N–H and O–H groups in total. The molecule has 5 nitrogen and oxygen atoms in total. The number of likely N-dealkylation sites (tertiary alicyclic amines) is 1. The Bertz CT molecular complexity index is 763. The number of hydrogen-bond acceptors (Lipinski definition) is 4. The second-order valence-corrected chi connectivity index (χ2v) is 6.85. The molecule has 1 fully saturated rings. The molecular formula is C14H19N3O2S. The molecule has 2 aromatic rings. The van der Waals surface area contributed by atoms with Crippen LogP contribution in [-0.4, -0.2) is 34.6 Å². The third-order valence-electron chi connectivity index (χ3n) is 4.31. The van der Waals surface area contributed by atoms with Crippen molar-refractivity contribution in [1.82, 2.24) is 14.5 Å². The summed E-state index contributed by atoms with van der Waals surface area (Å²) < 4.78 is 1.44. The van der Waals surface area contributed by atoms with Crippen LogP contribution >= 0.6 is 11.3 Å². The van der Waals surface area contributed by atoms with Gasteiger partial charge in [0.15, 0.2) is 0 Å².